The third kappa shape index (κ3) is 3.47. The molecule has 92 valence electrons. The molecule has 2 N–H and O–H groups in total. The van der Waals surface area contributed by atoms with Gasteiger partial charge >= 0.3 is 18.1 Å². The van der Waals surface area contributed by atoms with E-state index in [9.17, 15) is 22.8 Å². The summed E-state index contributed by atoms with van der Waals surface area (Å²) in [6.07, 6.45) is -5.11. The molecule has 0 bridgehead atoms. The molecule has 1 amide bonds. The van der Waals surface area contributed by atoms with Crippen LogP contribution in [0.4, 0.5) is 13.2 Å². The molecule has 0 fully saturated rings. The first-order chi connectivity index (χ1) is 7.82. The number of hydrogen-bond acceptors (Lipinski definition) is 2. The first-order valence-electron chi connectivity index (χ1n) is 4.48. The number of alkyl halides is 3. The molecule has 0 heterocycles. The summed E-state index contributed by atoms with van der Waals surface area (Å²) >= 11 is 0. The summed E-state index contributed by atoms with van der Waals surface area (Å²) in [6.45, 7) is 0. The third-order valence-electron chi connectivity index (χ3n) is 1.91. The molecule has 4 nitrogen and oxygen atoms in total. The molecule has 0 radical (unpaired) electrons. The van der Waals surface area contributed by atoms with Crippen molar-refractivity contribution in [3.05, 3.63) is 35.9 Å². The molecule has 0 aliphatic rings. The lowest BCUT2D eigenvalue weighted by molar-refractivity contribution is -0.175. The molecular formula is C10H8F3NO3. The average molecular weight is 247 g/mol. The molecule has 1 rings (SSSR count). The number of carbonyl (C=O) groups excluding carboxylic acids is 1. The van der Waals surface area contributed by atoms with E-state index in [0.717, 1.165) is 0 Å². The molecule has 0 aliphatic carbocycles. The van der Waals surface area contributed by atoms with E-state index in [0.29, 0.717) is 0 Å². The zero-order chi connectivity index (χ0) is 13.1. The maximum atomic E-state index is 12.0. The van der Waals surface area contributed by atoms with Crippen molar-refractivity contribution in [2.24, 2.45) is 0 Å². The van der Waals surface area contributed by atoms with Crippen molar-refractivity contribution in [1.82, 2.24) is 5.32 Å². The highest BCUT2D eigenvalue weighted by Gasteiger charge is 2.41. The smallest absolute Gasteiger partial charge is 0.471 e. The van der Waals surface area contributed by atoms with E-state index >= 15 is 0 Å². The highest BCUT2D eigenvalue weighted by molar-refractivity contribution is 5.87. The van der Waals surface area contributed by atoms with Crippen LogP contribution in [0.2, 0.25) is 0 Å². The third-order valence-corrected chi connectivity index (χ3v) is 1.91. The first-order valence-corrected chi connectivity index (χ1v) is 4.48. The Hall–Kier alpha value is -2.05. The Balaban J connectivity index is 2.90. The van der Waals surface area contributed by atoms with Crippen LogP contribution in [0.3, 0.4) is 0 Å². The number of benzene rings is 1. The quantitative estimate of drug-likeness (QED) is 0.850. The molecule has 0 unspecified atom stereocenters. The second kappa shape index (κ2) is 4.86. The van der Waals surface area contributed by atoms with Crippen molar-refractivity contribution in [2.45, 2.75) is 12.2 Å². The van der Waals surface area contributed by atoms with Crippen LogP contribution in [0.5, 0.6) is 0 Å². The normalized spacial score (nSPS) is 12.9. The lowest BCUT2D eigenvalue weighted by Gasteiger charge is -2.15. The lowest BCUT2D eigenvalue weighted by atomic mass is 10.1. The number of amides is 1. The summed E-state index contributed by atoms with van der Waals surface area (Å²) in [5, 5.41) is 10.2. The monoisotopic (exact) mass is 247 g/mol. The average Bonchev–Trinajstić information content (AvgIpc) is 2.25. The highest BCUT2D eigenvalue weighted by Crippen LogP contribution is 2.18. The van der Waals surface area contributed by atoms with Crippen LogP contribution in [-0.4, -0.2) is 23.2 Å². The van der Waals surface area contributed by atoms with Crippen LogP contribution in [0.15, 0.2) is 30.3 Å². The van der Waals surface area contributed by atoms with Crippen LogP contribution in [0, 0.1) is 0 Å². The fourth-order valence-corrected chi connectivity index (χ4v) is 1.15. The molecule has 1 atom stereocenters. The lowest BCUT2D eigenvalue weighted by Crippen LogP contribution is -2.41. The van der Waals surface area contributed by atoms with E-state index in [1.54, 1.807) is 6.07 Å². The number of aliphatic carboxylic acids is 1. The second-order valence-electron chi connectivity index (χ2n) is 3.15. The van der Waals surface area contributed by atoms with Crippen LogP contribution in [0.25, 0.3) is 0 Å². The van der Waals surface area contributed by atoms with Crippen LogP contribution in [-0.2, 0) is 9.59 Å². The van der Waals surface area contributed by atoms with E-state index < -0.39 is 24.1 Å². The zero-order valence-corrected chi connectivity index (χ0v) is 8.36. The SMILES string of the molecule is O=C(O)[C@@H](NC(=O)C(F)(F)F)c1ccccc1. The number of rotatable bonds is 3. The maximum Gasteiger partial charge on any atom is 0.471 e. The Morgan fingerprint density at radius 3 is 2.12 bits per heavy atom. The van der Waals surface area contributed by atoms with Crippen molar-refractivity contribution >= 4 is 11.9 Å². The molecular weight excluding hydrogens is 239 g/mol. The van der Waals surface area contributed by atoms with E-state index in [1.807, 2.05) is 0 Å². The molecule has 0 saturated heterocycles. The van der Waals surface area contributed by atoms with E-state index in [4.69, 9.17) is 5.11 Å². The van der Waals surface area contributed by atoms with E-state index in [-0.39, 0.29) is 5.56 Å². The minimum Gasteiger partial charge on any atom is -0.479 e. The van der Waals surface area contributed by atoms with Gasteiger partial charge in [0.05, 0.1) is 0 Å². The Bertz CT molecular complexity index is 417. The van der Waals surface area contributed by atoms with Gasteiger partial charge in [0.25, 0.3) is 0 Å². The van der Waals surface area contributed by atoms with Crippen LogP contribution in [0.1, 0.15) is 11.6 Å². The van der Waals surface area contributed by atoms with Gasteiger partial charge in [-0.05, 0) is 5.56 Å². The van der Waals surface area contributed by atoms with Crippen molar-refractivity contribution in [2.75, 3.05) is 0 Å². The molecule has 0 aromatic heterocycles. The molecule has 1 aromatic carbocycles. The van der Waals surface area contributed by atoms with Gasteiger partial charge in [-0.2, -0.15) is 13.2 Å². The van der Waals surface area contributed by atoms with Gasteiger partial charge in [0.2, 0.25) is 0 Å². The second-order valence-corrected chi connectivity index (χ2v) is 3.15. The van der Waals surface area contributed by atoms with Gasteiger partial charge in [-0.15, -0.1) is 0 Å². The summed E-state index contributed by atoms with van der Waals surface area (Å²) < 4.78 is 36.0. The largest absolute Gasteiger partial charge is 0.479 e. The van der Waals surface area contributed by atoms with E-state index in [1.165, 1.54) is 29.6 Å². The summed E-state index contributed by atoms with van der Waals surface area (Å²) in [7, 11) is 0. The van der Waals surface area contributed by atoms with Crippen LogP contribution < -0.4 is 5.32 Å². The summed E-state index contributed by atoms with van der Waals surface area (Å²) in [6, 6.07) is 5.42. The minimum atomic E-state index is -5.11. The summed E-state index contributed by atoms with van der Waals surface area (Å²) in [5.41, 5.74) is 0.0672. The Kier molecular flexibility index (Phi) is 3.72. The predicted octanol–water partition coefficient (Wildman–Crippen LogP) is 1.49. The van der Waals surface area contributed by atoms with Crippen molar-refractivity contribution in [1.29, 1.82) is 0 Å². The Morgan fingerprint density at radius 1 is 1.18 bits per heavy atom. The molecule has 0 aliphatic heterocycles. The molecule has 1 aromatic rings. The van der Waals surface area contributed by atoms with Gasteiger partial charge in [0.15, 0.2) is 6.04 Å². The molecule has 17 heavy (non-hydrogen) atoms. The van der Waals surface area contributed by atoms with Gasteiger partial charge in [0, 0.05) is 0 Å². The molecule has 0 saturated carbocycles. The number of carboxylic acid groups (broad SMARTS) is 1. The van der Waals surface area contributed by atoms with E-state index in [2.05, 4.69) is 0 Å². The number of hydrogen-bond donors (Lipinski definition) is 2. The number of carboxylic acids is 1. The first kappa shape index (κ1) is 13.0. The van der Waals surface area contributed by atoms with Gasteiger partial charge in [-0.25, -0.2) is 4.79 Å². The van der Waals surface area contributed by atoms with Crippen LogP contribution >= 0.6 is 0 Å². The zero-order valence-electron chi connectivity index (χ0n) is 8.36. The molecule has 7 heteroatoms. The fourth-order valence-electron chi connectivity index (χ4n) is 1.15. The van der Waals surface area contributed by atoms with Gasteiger partial charge in [0.1, 0.15) is 0 Å². The number of halogens is 3. The summed E-state index contributed by atoms with van der Waals surface area (Å²) in [5.74, 6) is -3.84. The van der Waals surface area contributed by atoms with Crippen molar-refractivity contribution in [3.63, 3.8) is 0 Å². The van der Waals surface area contributed by atoms with Gasteiger partial charge < -0.3 is 10.4 Å². The minimum absolute atomic E-state index is 0.0672. The fraction of sp³-hybridized carbons (Fsp3) is 0.200. The Labute approximate surface area is 94.1 Å². The van der Waals surface area contributed by atoms with Crippen molar-refractivity contribution in [3.8, 4) is 0 Å². The summed E-state index contributed by atoms with van der Waals surface area (Å²) in [4.78, 5) is 21.4. The maximum absolute atomic E-state index is 12.0. The number of carbonyl (C=O) groups is 2. The predicted molar refractivity (Wildman–Crippen MR) is 51.0 cm³/mol. The van der Waals surface area contributed by atoms with Gasteiger partial charge in [-0.3, -0.25) is 4.79 Å². The molecule has 0 spiro atoms. The topological polar surface area (TPSA) is 66.4 Å². The Morgan fingerprint density at radius 2 is 1.71 bits per heavy atom. The van der Waals surface area contributed by atoms with Crippen molar-refractivity contribution < 1.29 is 27.9 Å². The standard InChI is InChI=1S/C10H8F3NO3/c11-10(12,13)9(17)14-7(8(15)16)6-4-2-1-3-5-6/h1-5,7H,(H,14,17)(H,15,16)/t7-/m0/s1. The number of nitrogens with one attached hydrogen (secondary N) is 1. The van der Waals surface area contributed by atoms with Gasteiger partial charge in [-0.1, -0.05) is 30.3 Å². The highest BCUT2D eigenvalue weighted by atomic mass is 19.4.